The smallest absolute Gasteiger partial charge is 0.392 e. The fourth-order valence-corrected chi connectivity index (χ4v) is 1.89. The zero-order chi connectivity index (χ0) is 14.3. The van der Waals surface area contributed by atoms with Crippen LogP contribution in [0.4, 0.5) is 18.9 Å². The number of anilines is 1. The van der Waals surface area contributed by atoms with Crippen molar-refractivity contribution in [3.8, 4) is 0 Å². The van der Waals surface area contributed by atoms with Crippen molar-refractivity contribution in [1.29, 1.82) is 0 Å². The van der Waals surface area contributed by atoms with Crippen LogP contribution in [0.3, 0.4) is 0 Å². The third-order valence-electron chi connectivity index (χ3n) is 2.97. The molecular formula is C11H10F3N3OS. The summed E-state index contributed by atoms with van der Waals surface area (Å²) in [5, 5.41) is 2.47. The number of rotatable bonds is 3. The van der Waals surface area contributed by atoms with Gasteiger partial charge < -0.3 is 11.1 Å². The fourth-order valence-electron chi connectivity index (χ4n) is 1.60. The number of hydrogen-bond donors (Lipinski definition) is 2. The second kappa shape index (κ2) is 4.44. The van der Waals surface area contributed by atoms with Gasteiger partial charge in [0.1, 0.15) is 5.69 Å². The number of carbonyl (C=O) groups is 1. The summed E-state index contributed by atoms with van der Waals surface area (Å²) in [5.74, 6) is -0.401. The van der Waals surface area contributed by atoms with E-state index in [1.54, 1.807) is 0 Å². The SMILES string of the molecule is NC(=S)C1(C(=O)Nc2ccc(C(F)(F)F)nc2)CC1. The zero-order valence-corrected chi connectivity index (χ0v) is 10.4. The van der Waals surface area contributed by atoms with Crippen LogP contribution < -0.4 is 11.1 Å². The molecule has 0 bridgehead atoms. The number of carbonyl (C=O) groups excluding carboxylic acids is 1. The molecule has 0 aromatic carbocycles. The summed E-state index contributed by atoms with van der Waals surface area (Å²) in [7, 11) is 0. The van der Waals surface area contributed by atoms with Gasteiger partial charge in [-0.05, 0) is 25.0 Å². The Balaban J connectivity index is 2.09. The molecule has 102 valence electrons. The lowest BCUT2D eigenvalue weighted by molar-refractivity contribution is -0.141. The third kappa shape index (κ3) is 2.67. The molecule has 19 heavy (non-hydrogen) atoms. The van der Waals surface area contributed by atoms with E-state index in [1.165, 1.54) is 0 Å². The molecule has 0 spiro atoms. The van der Waals surface area contributed by atoms with Gasteiger partial charge in [0.15, 0.2) is 0 Å². The normalized spacial score (nSPS) is 16.8. The van der Waals surface area contributed by atoms with E-state index in [9.17, 15) is 18.0 Å². The number of aromatic nitrogens is 1. The summed E-state index contributed by atoms with van der Waals surface area (Å²) >= 11 is 4.81. The Kier molecular flexibility index (Phi) is 3.21. The Morgan fingerprint density at radius 1 is 1.42 bits per heavy atom. The molecule has 1 aliphatic carbocycles. The van der Waals surface area contributed by atoms with Crippen LogP contribution in [0, 0.1) is 5.41 Å². The van der Waals surface area contributed by atoms with Crippen molar-refractivity contribution < 1.29 is 18.0 Å². The number of alkyl halides is 3. The molecule has 4 nitrogen and oxygen atoms in total. The first-order valence-corrected chi connectivity index (χ1v) is 5.81. The Morgan fingerprint density at radius 2 is 2.05 bits per heavy atom. The van der Waals surface area contributed by atoms with E-state index in [4.69, 9.17) is 18.0 Å². The minimum atomic E-state index is -4.50. The molecule has 1 aromatic rings. The first kappa shape index (κ1) is 13.7. The first-order chi connectivity index (χ1) is 8.75. The quantitative estimate of drug-likeness (QED) is 0.836. The number of pyridine rings is 1. The number of nitrogens with two attached hydrogens (primary N) is 1. The van der Waals surface area contributed by atoms with Crippen LogP contribution in [0.25, 0.3) is 0 Å². The van der Waals surface area contributed by atoms with Gasteiger partial charge in [-0.25, -0.2) is 4.98 Å². The molecule has 1 aromatic heterocycles. The van der Waals surface area contributed by atoms with Crippen molar-refractivity contribution >= 4 is 28.8 Å². The highest BCUT2D eigenvalue weighted by molar-refractivity contribution is 7.80. The van der Waals surface area contributed by atoms with E-state index in [0.717, 1.165) is 18.3 Å². The maximum absolute atomic E-state index is 12.3. The highest BCUT2D eigenvalue weighted by Gasteiger charge is 2.52. The van der Waals surface area contributed by atoms with Crippen molar-refractivity contribution in [3.05, 3.63) is 24.0 Å². The van der Waals surface area contributed by atoms with Gasteiger partial charge in [0, 0.05) is 0 Å². The number of thiocarbonyl (C=S) groups is 1. The maximum Gasteiger partial charge on any atom is 0.433 e. The highest BCUT2D eigenvalue weighted by Crippen LogP contribution is 2.46. The van der Waals surface area contributed by atoms with Gasteiger partial charge in [-0.1, -0.05) is 12.2 Å². The lowest BCUT2D eigenvalue weighted by Crippen LogP contribution is -2.35. The largest absolute Gasteiger partial charge is 0.433 e. The second-order valence-corrected chi connectivity index (χ2v) is 4.77. The lowest BCUT2D eigenvalue weighted by Gasteiger charge is -2.13. The molecule has 8 heteroatoms. The van der Waals surface area contributed by atoms with Crippen molar-refractivity contribution in [3.63, 3.8) is 0 Å². The number of nitrogens with one attached hydrogen (secondary N) is 1. The second-order valence-electron chi connectivity index (χ2n) is 4.33. The van der Waals surface area contributed by atoms with Crippen LogP contribution in [0.1, 0.15) is 18.5 Å². The molecule has 0 atom stereocenters. The van der Waals surface area contributed by atoms with E-state index < -0.39 is 23.2 Å². The van der Waals surface area contributed by atoms with Gasteiger partial charge >= 0.3 is 6.18 Å². The standard InChI is InChI=1S/C11H10F3N3OS/c12-11(13,14)7-2-1-6(5-16-7)17-9(18)10(3-4-10)8(15)19/h1-2,5H,3-4H2,(H2,15,19)(H,17,18). The first-order valence-electron chi connectivity index (χ1n) is 5.40. The number of hydrogen-bond acceptors (Lipinski definition) is 3. The molecular weight excluding hydrogens is 279 g/mol. The van der Waals surface area contributed by atoms with Gasteiger partial charge in [-0.2, -0.15) is 13.2 Å². The van der Waals surface area contributed by atoms with Gasteiger partial charge in [-0.3, -0.25) is 4.79 Å². The van der Waals surface area contributed by atoms with Crippen molar-refractivity contribution in [2.75, 3.05) is 5.32 Å². The Bertz CT molecular complexity index is 523. The summed E-state index contributed by atoms with van der Waals surface area (Å²) in [6, 6.07) is 1.94. The molecule has 1 aliphatic rings. The van der Waals surface area contributed by atoms with E-state index in [-0.39, 0.29) is 10.7 Å². The molecule has 1 amide bonds. The van der Waals surface area contributed by atoms with Crippen LogP contribution >= 0.6 is 12.2 Å². The predicted octanol–water partition coefficient (Wildman–Crippen LogP) is 2.11. The minimum Gasteiger partial charge on any atom is -0.392 e. The monoisotopic (exact) mass is 289 g/mol. The minimum absolute atomic E-state index is 0.102. The Hall–Kier alpha value is -1.70. The van der Waals surface area contributed by atoms with E-state index in [2.05, 4.69) is 10.3 Å². The third-order valence-corrected chi connectivity index (χ3v) is 3.36. The molecule has 0 saturated heterocycles. The molecule has 0 radical (unpaired) electrons. The fraction of sp³-hybridized carbons (Fsp3) is 0.364. The zero-order valence-electron chi connectivity index (χ0n) is 9.62. The number of halogens is 3. The summed E-state index contributed by atoms with van der Waals surface area (Å²) in [4.78, 5) is 15.2. The average molecular weight is 289 g/mol. The summed E-state index contributed by atoms with van der Waals surface area (Å²) in [5.41, 5.74) is 3.79. The summed E-state index contributed by atoms with van der Waals surface area (Å²) < 4.78 is 36.9. The van der Waals surface area contributed by atoms with Crippen molar-refractivity contribution in [2.24, 2.45) is 11.1 Å². The number of amides is 1. The summed E-state index contributed by atoms with van der Waals surface area (Å²) in [6.45, 7) is 0. The van der Waals surface area contributed by atoms with Gasteiger partial charge in [0.25, 0.3) is 0 Å². The molecule has 1 saturated carbocycles. The molecule has 0 unspecified atom stereocenters. The van der Waals surface area contributed by atoms with E-state index >= 15 is 0 Å². The topological polar surface area (TPSA) is 68.0 Å². The van der Waals surface area contributed by atoms with Crippen LogP contribution in [-0.2, 0) is 11.0 Å². The Morgan fingerprint density at radius 3 is 2.42 bits per heavy atom. The van der Waals surface area contributed by atoms with E-state index in [1.807, 2.05) is 0 Å². The van der Waals surface area contributed by atoms with E-state index in [0.29, 0.717) is 12.8 Å². The highest BCUT2D eigenvalue weighted by atomic mass is 32.1. The molecule has 2 rings (SSSR count). The van der Waals surface area contributed by atoms with Crippen LogP contribution in [0.15, 0.2) is 18.3 Å². The molecule has 0 aliphatic heterocycles. The number of nitrogens with zero attached hydrogens (tertiary/aromatic N) is 1. The lowest BCUT2D eigenvalue weighted by atomic mass is 10.1. The molecule has 1 fully saturated rings. The van der Waals surface area contributed by atoms with Crippen LogP contribution in [0.5, 0.6) is 0 Å². The van der Waals surface area contributed by atoms with Gasteiger partial charge in [0.2, 0.25) is 5.91 Å². The van der Waals surface area contributed by atoms with Crippen molar-refractivity contribution in [2.45, 2.75) is 19.0 Å². The molecule has 3 N–H and O–H groups in total. The Labute approximate surface area is 112 Å². The van der Waals surface area contributed by atoms with Crippen LogP contribution in [0.2, 0.25) is 0 Å². The van der Waals surface area contributed by atoms with Gasteiger partial charge in [0.05, 0.1) is 22.3 Å². The maximum atomic E-state index is 12.3. The predicted molar refractivity (Wildman–Crippen MR) is 66.3 cm³/mol. The molecule has 1 heterocycles. The average Bonchev–Trinajstić information content (AvgIpc) is 3.09. The van der Waals surface area contributed by atoms with Crippen LogP contribution in [-0.4, -0.2) is 15.9 Å². The summed E-state index contributed by atoms with van der Waals surface area (Å²) in [6.07, 6.45) is -2.43. The van der Waals surface area contributed by atoms with Gasteiger partial charge in [-0.15, -0.1) is 0 Å². The van der Waals surface area contributed by atoms with Crippen molar-refractivity contribution in [1.82, 2.24) is 4.98 Å².